The Morgan fingerprint density at radius 1 is 1.08 bits per heavy atom. The van der Waals surface area contributed by atoms with E-state index in [0.29, 0.717) is 5.69 Å². The average molecular weight is 429 g/mol. The molecule has 0 bridgehead atoms. The molecule has 0 saturated carbocycles. The molecule has 0 aliphatic carbocycles. The molecule has 0 spiro atoms. The minimum atomic E-state index is -4.49. The van der Waals surface area contributed by atoms with Crippen LogP contribution in [0.25, 0.3) is 0 Å². The number of nitrogens with one attached hydrogen (secondary N) is 3. The van der Waals surface area contributed by atoms with Crippen LogP contribution < -0.4 is 19.9 Å². The summed E-state index contributed by atoms with van der Waals surface area (Å²) in [5.41, 5.74) is 5.80. The fourth-order valence-corrected chi connectivity index (χ4v) is 4.34. The van der Waals surface area contributed by atoms with Gasteiger partial charge in [-0.15, -0.1) is 12.4 Å². The van der Waals surface area contributed by atoms with Gasteiger partial charge in [-0.1, -0.05) is 15.7 Å². The van der Waals surface area contributed by atoms with Crippen LogP contribution >= 0.6 is 24.0 Å². The maximum atomic E-state index is 12.1. The molecule has 1 aromatic heterocycles. The van der Waals surface area contributed by atoms with Crippen LogP contribution in [0, 0.1) is 0 Å². The zero-order valence-electron chi connectivity index (χ0n) is 12.6. The van der Waals surface area contributed by atoms with Crippen LogP contribution in [0.1, 0.15) is 0 Å². The van der Waals surface area contributed by atoms with E-state index in [1.165, 1.54) is 31.3 Å². The van der Waals surface area contributed by atoms with E-state index in [-0.39, 0.29) is 34.2 Å². The fraction of sp³-hybridized carbons (Fsp3) is 0.0909. The summed E-state index contributed by atoms with van der Waals surface area (Å²) < 4.78 is 51.7. The Labute approximate surface area is 155 Å². The zero-order chi connectivity index (χ0) is 18.0. The van der Waals surface area contributed by atoms with Gasteiger partial charge in [-0.2, -0.15) is 13.4 Å². The molecule has 138 valence electrons. The van der Waals surface area contributed by atoms with E-state index in [2.05, 4.69) is 15.3 Å². The van der Waals surface area contributed by atoms with Crippen molar-refractivity contribution in [2.75, 3.05) is 22.8 Å². The molecule has 10 nitrogen and oxygen atoms in total. The lowest BCUT2D eigenvalue weighted by atomic mass is 10.3. The predicted octanol–water partition coefficient (Wildman–Crippen LogP) is 0.811. The molecular weight excluding hydrogens is 415 g/mol. The van der Waals surface area contributed by atoms with Crippen molar-refractivity contribution in [2.24, 2.45) is 0 Å². The number of aromatic nitrogens is 2. The summed E-state index contributed by atoms with van der Waals surface area (Å²) >= 11 is 5.72. The van der Waals surface area contributed by atoms with Gasteiger partial charge in [0.25, 0.3) is 10.0 Å². The molecule has 0 aliphatic heterocycles. The van der Waals surface area contributed by atoms with Gasteiger partial charge in [-0.3, -0.25) is 4.72 Å². The maximum absolute atomic E-state index is 12.1. The van der Waals surface area contributed by atoms with Gasteiger partial charge in [-0.25, -0.2) is 13.4 Å². The second-order valence-corrected chi connectivity index (χ2v) is 8.15. The van der Waals surface area contributed by atoms with Gasteiger partial charge in [0.1, 0.15) is 11.0 Å². The Kier molecular flexibility index (Phi) is 6.79. The summed E-state index contributed by atoms with van der Waals surface area (Å²) in [5, 5.41) is 2.55. The summed E-state index contributed by atoms with van der Waals surface area (Å²) in [5.74, 6) is -0.152. The van der Waals surface area contributed by atoms with E-state index in [1.54, 1.807) is 4.13 Å². The largest absolute Gasteiger partial charge is 0.399 e. The van der Waals surface area contributed by atoms with Crippen LogP contribution in [0.4, 0.5) is 17.5 Å². The van der Waals surface area contributed by atoms with E-state index in [9.17, 15) is 16.8 Å². The van der Waals surface area contributed by atoms with E-state index >= 15 is 0 Å². The second kappa shape index (κ2) is 8.01. The molecule has 0 aliphatic rings. The summed E-state index contributed by atoms with van der Waals surface area (Å²) in [4.78, 5) is 7.31. The van der Waals surface area contributed by atoms with Crippen molar-refractivity contribution in [1.29, 1.82) is 0 Å². The smallest absolute Gasteiger partial charge is 0.313 e. The molecule has 0 unspecified atom stereocenters. The standard InChI is InChI=1S/C11H13ClN6O4S2.ClH/c1-14-11-15-9(12)6-10(16-11)17-24(21,22)18-23(19,20)8-4-2-7(13)3-5-8;/h2-6,18H,13H2,1H3,(H2,14,15,16,17);1H. The molecule has 0 atom stereocenters. The molecule has 1 aromatic carbocycles. The monoisotopic (exact) mass is 428 g/mol. The van der Waals surface area contributed by atoms with Gasteiger partial charge in [-0.05, 0) is 24.3 Å². The Morgan fingerprint density at radius 2 is 1.68 bits per heavy atom. The molecule has 25 heavy (non-hydrogen) atoms. The summed E-state index contributed by atoms with van der Waals surface area (Å²) in [7, 11) is -7.31. The van der Waals surface area contributed by atoms with Crippen molar-refractivity contribution in [3.63, 3.8) is 0 Å². The van der Waals surface area contributed by atoms with Gasteiger partial charge in [0.15, 0.2) is 0 Å². The summed E-state index contributed by atoms with van der Waals surface area (Å²) in [6.45, 7) is 0. The summed E-state index contributed by atoms with van der Waals surface area (Å²) in [6.07, 6.45) is 0. The molecule has 0 saturated heterocycles. The lowest BCUT2D eigenvalue weighted by Crippen LogP contribution is -2.35. The highest BCUT2D eigenvalue weighted by Gasteiger charge is 2.23. The Morgan fingerprint density at radius 3 is 2.24 bits per heavy atom. The van der Waals surface area contributed by atoms with Crippen molar-refractivity contribution >= 4 is 61.7 Å². The number of anilines is 3. The lowest BCUT2D eigenvalue weighted by Gasteiger charge is -2.10. The highest BCUT2D eigenvalue weighted by molar-refractivity contribution is 8.05. The van der Waals surface area contributed by atoms with Gasteiger partial charge in [0.2, 0.25) is 5.95 Å². The number of halogens is 2. The molecular formula is C11H14Cl2N6O4S2. The van der Waals surface area contributed by atoms with Gasteiger partial charge >= 0.3 is 10.2 Å². The highest BCUT2D eigenvalue weighted by atomic mass is 35.5. The first kappa shape index (κ1) is 21.2. The van der Waals surface area contributed by atoms with E-state index in [4.69, 9.17) is 17.3 Å². The summed E-state index contributed by atoms with van der Waals surface area (Å²) in [6, 6.07) is 6.13. The number of hydrogen-bond acceptors (Lipinski definition) is 8. The van der Waals surface area contributed by atoms with Crippen LogP contribution in [-0.2, 0) is 20.2 Å². The minimum absolute atomic E-state index is 0. The molecule has 2 rings (SSSR count). The Bertz CT molecular complexity index is 951. The van der Waals surface area contributed by atoms with E-state index < -0.39 is 20.2 Å². The number of rotatable bonds is 6. The van der Waals surface area contributed by atoms with Crippen molar-refractivity contribution in [3.8, 4) is 0 Å². The van der Waals surface area contributed by atoms with E-state index in [0.717, 1.165) is 6.07 Å². The van der Waals surface area contributed by atoms with Crippen molar-refractivity contribution < 1.29 is 16.8 Å². The number of nitrogen functional groups attached to an aromatic ring is 1. The van der Waals surface area contributed by atoms with Crippen molar-refractivity contribution in [1.82, 2.24) is 14.1 Å². The normalized spacial score (nSPS) is 11.4. The van der Waals surface area contributed by atoms with Gasteiger partial charge in [0, 0.05) is 18.8 Å². The first-order chi connectivity index (χ1) is 11.1. The molecule has 1 heterocycles. The topological polar surface area (TPSA) is 156 Å². The average Bonchev–Trinajstić information content (AvgIpc) is 2.45. The third kappa shape index (κ3) is 5.86. The second-order valence-electron chi connectivity index (χ2n) is 4.41. The SMILES string of the molecule is CNc1nc(Cl)cc(NS(=O)(=O)NS(=O)(=O)c2ccc(N)cc2)n1.Cl. The van der Waals surface area contributed by atoms with Crippen LogP contribution in [0.5, 0.6) is 0 Å². The van der Waals surface area contributed by atoms with Crippen molar-refractivity contribution in [2.45, 2.75) is 4.90 Å². The first-order valence-corrected chi connectivity index (χ1v) is 9.60. The predicted molar refractivity (Wildman–Crippen MR) is 97.6 cm³/mol. The van der Waals surface area contributed by atoms with Crippen LogP contribution in [0.15, 0.2) is 35.2 Å². The van der Waals surface area contributed by atoms with Crippen LogP contribution in [-0.4, -0.2) is 33.9 Å². The lowest BCUT2D eigenvalue weighted by molar-refractivity contribution is 0.579. The van der Waals surface area contributed by atoms with Gasteiger partial charge in [0.05, 0.1) is 4.90 Å². The third-order valence-electron chi connectivity index (χ3n) is 2.57. The number of nitrogens with two attached hydrogens (primary N) is 1. The highest BCUT2D eigenvalue weighted by Crippen LogP contribution is 2.16. The Balaban J connectivity index is 0.00000312. The molecule has 0 fully saturated rings. The van der Waals surface area contributed by atoms with Crippen LogP contribution in [0.2, 0.25) is 5.15 Å². The minimum Gasteiger partial charge on any atom is -0.399 e. The maximum Gasteiger partial charge on any atom is 0.313 e. The number of nitrogens with zero attached hydrogens (tertiary/aromatic N) is 2. The Hall–Kier alpha value is -1.86. The molecule has 0 amide bonds. The number of hydrogen-bond donors (Lipinski definition) is 4. The molecule has 14 heteroatoms. The van der Waals surface area contributed by atoms with Crippen LogP contribution in [0.3, 0.4) is 0 Å². The fourth-order valence-electron chi connectivity index (χ4n) is 1.58. The van der Waals surface area contributed by atoms with Crippen molar-refractivity contribution in [3.05, 3.63) is 35.5 Å². The number of sulfonamides is 1. The molecule has 2 aromatic rings. The van der Waals surface area contributed by atoms with Gasteiger partial charge < -0.3 is 11.1 Å². The molecule has 5 N–H and O–H groups in total. The third-order valence-corrected chi connectivity index (χ3v) is 5.89. The zero-order valence-corrected chi connectivity index (χ0v) is 15.8. The molecule has 0 radical (unpaired) electrons. The first-order valence-electron chi connectivity index (χ1n) is 6.25. The van der Waals surface area contributed by atoms with E-state index in [1.807, 2.05) is 4.72 Å². The number of benzene rings is 1. The quantitative estimate of drug-likeness (QED) is 0.388.